The molecule has 4 aromatic heterocycles. The summed E-state index contributed by atoms with van der Waals surface area (Å²) in [5.74, 6) is -4.30. The molecule has 0 fully saturated rings. The first-order chi connectivity index (χ1) is 17.2. The molecule has 4 aromatic rings. The molecule has 4 heterocycles. The maximum atomic E-state index is 10.8. The zero-order valence-electron chi connectivity index (χ0n) is 18.5. The summed E-state index contributed by atoms with van der Waals surface area (Å²) < 4.78 is 0. The molecule has 0 saturated heterocycles. The largest absolute Gasteiger partial charge is 0.478 e. The summed E-state index contributed by atoms with van der Waals surface area (Å²) in [7, 11) is 0. The Bertz CT molecular complexity index is 1260. The number of hydrogen-bond acceptors (Lipinski definition) is 8. The predicted octanol–water partition coefficient (Wildman–Crippen LogP) is 3.08. The van der Waals surface area contributed by atoms with Crippen LogP contribution in [0.4, 0.5) is 0 Å². The Balaban J connectivity index is 0.000000253. The second-order valence-electron chi connectivity index (χ2n) is 6.94. The minimum Gasteiger partial charge on any atom is -0.478 e. The third kappa shape index (κ3) is 7.49. The summed E-state index contributed by atoms with van der Waals surface area (Å²) in [4.78, 5) is 59.2. The summed E-state index contributed by atoms with van der Waals surface area (Å²) in [6, 6.07) is 10.8. The smallest absolute Gasteiger partial charge is 0.335 e. The maximum Gasteiger partial charge on any atom is 0.335 e. The van der Waals surface area contributed by atoms with Crippen molar-refractivity contribution in [3.8, 4) is 22.8 Å². The Morgan fingerprint density at radius 1 is 0.432 bits per heavy atom. The second-order valence-corrected chi connectivity index (χ2v) is 6.94. The topological polar surface area (TPSA) is 201 Å². The average molecular weight is 544 g/mol. The molecule has 0 spiro atoms. The minimum atomic E-state index is -1.08. The first kappa shape index (κ1) is 28.2. The molecule has 0 atom stereocenters. The van der Waals surface area contributed by atoms with E-state index >= 15 is 0 Å². The van der Waals surface area contributed by atoms with Gasteiger partial charge in [-0.05, 0) is 48.5 Å². The molecule has 0 saturated carbocycles. The number of nitrogens with zero attached hydrogens (tertiary/aromatic N) is 4. The van der Waals surface area contributed by atoms with Gasteiger partial charge >= 0.3 is 23.9 Å². The van der Waals surface area contributed by atoms with Crippen LogP contribution in [0.1, 0.15) is 41.4 Å². The molecule has 37 heavy (non-hydrogen) atoms. The van der Waals surface area contributed by atoms with E-state index in [1.54, 1.807) is 0 Å². The van der Waals surface area contributed by atoms with Crippen molar-refractivity contribution in [3.05, 3.63) is 95.6 Å². The van der Waals surface area contributed by atoms with E-state index in [-0.39, 0.29) is 39.3 Å². The van der Waals surface area contributed by atoms with Crippen LogP contribution in [0.3, 0.4) is 0 Å². The molecule has 0 aromatic carbocycles. The van der Waals surface area contributed by atoms with Crippen LogP contribution in [0.2, 0.25) is 0 Å². The van der Waals surface area contributed by atoms with Gasteiger partial charge in [0.05, 0.1) is 45.0 Å². The summed E-state index contributed by atoms with van der Waals surface area (Å²) in [6.07, 6.45) is 5.36. The van der Waals surface area contributed by atoms with Gasteiger partial charge in [0.15, 0.2) is 0 Å². The quantitative estimate of drug-likeness (QED) is 0.259. The van der Waals surface area contributed by atoms with Crippen molar-refractivity contribution in [1.82, 2.24) is 19.9 Å². The summed E-state index contributed by atoms with van der Waals surface area (Å²) in [5, 5.41) is 35.4. The molecule has 13 heteroatoms. The van der Waals surface area contributed by atoms with E-state index in [0.717, 1.165) is 0 Å². The fraction of sp³-hybridized carbons (Fsp3) is 0. The normalized spacial score (nSPS) is 9.73. The van der Waals surface area contributed by atoms with Crippen LogP contribution in [0.25, 0.3) is 22.8 Å². The van der Waals surface area contributed by atoms with Crippen LogP contribution in [-0.2, 0) is 17.1 Å². The van der Waals surface area contributed by atoms with Crippen molar-refractivity contribution in [2.24, 2.45) is 0 Å². The molecular formula is C24H16FeN4O8. The molecule has 4 N–H and O–H groups in total. The molecule has 12 nitrogen and oxygen atoms in total. The fourth-order valence-electron chi connectivity index (χ4n) is 2.81. The van der Waals surface area contributed by atoms with Gasteiger partial charge in [0.1, 0.15) is 0 Å². The summed E-state index contributed by atoms with van der Waals surface area (Å²) in [6.45, 7) is 0. The van der Waals surface area contributed by atoms with E-state index in [0.29, 0.717) is 22.8 Å². The monoisotopic (exact) mass is 544 g/mol. The Kier molecular flexibility index (Phi) is 9.64. The van der Waals surface area contributed by atoms with E-state index in [2.05, 4.69) is 19.9 Å². The van der Waals surface area contributed by atoms with E-state index in [1.165, 1.54) is 73.3 Å². The van der Waals surface area contributed by atoms with Crippen LogP contribution in [0.15, 0.2) is 73.3 Å². The van der Waals surface area contributed by atoms with Gasteiger partial charge in [-0.2, -0.15) is 0 Å². The van der Waals surface area contributed by atoms with E-state index in [1.807, 2.05) is 0 Å². The zero-order valence-corrected chi connectivity index (χ0v) is 19.6. The van der Waals surface area contributed by atoms with Gasteiger partial charge in [0, 0.05) is 41.9 Å². The number of pyridine rings is 4. The van der Waals surface area contributed by atoms with Crippen LogP contribution < -0.4 is 0 Å². The number of carbonyl (C=O) groups is 4. The first-order valence-corrected chi connectivity index (χ1v) is 9.94. The van der Waals surface area contributed by atoms with E-state index in [4.69, 9.17) is 20.4 Å². The second kappa shape index (κ2) is 12.6. The molecule has 0 radical (unpaired) electrons. The number of aromatic carboxylic acids is 4. The van der Waals surface area contributed by atoms with Crippen molar-refractivity contribution in [1.29, 1.82) is 0 Å². The number of carboxylic acids is 4. The van der Waals surface area contributed by atoms with E-state index in [9.17, 15) is 19.2 Å². The van der Waals surface area contributed by atoms with Crippen LogP contribution in [-0.4, -0.2) is 64.2 Å². The van der Waals surface area contributed by atoms with Crippen LogP contribution in [0.5, 0.6) is 0 Å². The van der Waals surface area contributed by atoms with Crippen molar-refractivity contribution in [2.75, 3.05) is 0 Å². The molecule has 0 aliphatic rings. The molecule has 188 valence electrons. The van der Waals surface area contributed by atoms with Gasteiger partial charge in [-0.25, -0.2) is 19.2 Å². The molecule has 4 rings (SSSR count). The molecule has 0 bridgehead atoms. The Morgan fingerprint density at radius 3 is 0.784 bits per heavy atom. The van der Waals surface area contributed by atoms with Crippen molar-refractivity contribution in [2.45, 2.75) is 0 Å². The van der Waals surface area contributed by atoms with Crippen molar-refractivity contribution >= 4 is 23.9 Å². The third-order valence-electron chi connectivity index (χ3n) is 4.55. The number of aromatic nitrogens is 4. The molecule has 0 amide bonds. The first-order valence-electron chi connectivity index (χ1n) is 9.94. The Hall–Kier alpha value is -5.00. The summed E-state index contributed by atoms with van der Waals surface area (Å²) >= 11 is 0. The molecular weight excluding hydrogens is 528 g/mol. The van der Waals surface area contributed by atoms with Crippen LogP contribution in [0, 0.1) is 0 Å². The Morgan fingerprint density at radius 2 is 0.622 bits per heavy atom. The van der Waals surface area contributed by atoms with Gasteiger partial charge in [0.25, 0.3) is 0 Å². The van der Waals surface area contributed by atoms with E-state index < -0.39 is 23.9 Å². The van der Waals surface area contributed by atoms with Crippen LogP contribution >= 0.6 is 0 Å². The summed E-state index contributed by atoms with van der Waals surface area (Å²) in [5.41, 5.74) is 1.56. The third-order valence-corrected chi connectivity index (χ3v) is 4.55. The maximum absolute atomic E-state index is 10.8. The zero-order chi connectivity index (χ0) is 26.2. The molecule has 0 aliphatic heterocycles. The van der Waals surface area contributed by atoms with Gasteiger partial charge in [-0.3, -0.25) is 19.9 Å². The SMILES string of the molecule is O=C(O)c1ccnc(-c2cc(C(=O)O)ccn2)c1.O=C(O)c1ccnc(-c2cc(C(=O)O)ccn2)c1.[Fe]. The standard InChI is InChI=1S/2C12H8N2O4.Fe/c2*15-11(16)7-1-3-13-9(5-7)10-6-8(12(17)18)2-4-14-10;/h2*1-6H,(H,15,16)(H,17,18);. The van der Waals surface area contributed by atoms with Gasteiger partial charge < -0.3 is 20.4 Å². The van der Waals surface area contributed by atoms with Crippen molar-refractivity contribution < 1.29 is 56.7 Å². The average Bonchev–Trinajstić information content (AvgIpc) is 2.89. The number of carboxylic acid groups (broad SMARTS) is 4. The molecule has 0 unspecified atom stereocenters. The predicted molar refractivity (Wildman–Crippen MR) is 123 cm³/mol. The van der Waals surface area contributed by atoms with Gasteiger partial charge in [0.2, 0.25) is 0 Å². The van der Waals surface area contributed by atoms with Gasteiger partial charge in [-0.1, -0.05) is 0 Å². The van der Waals surface area contributed by atoms with Crippen molar-refractivity contribution in [3.63, 3.8) is 0 Å². The Labute approximate surface area is 218 Å². The fourth-order valence-corrected chi connectivity index (χ4v) is 2.81. The van der Waals surface area contributed by atoms with Gasteiger partial charge in [-0.15, -0.1) is 0 Å². The number of hydrogen-bond donors (Lipinski definition) is 4. The molecule has 0 aliphatic carbocycles. The minimum absolute atomic E-state index is 0. The number of rotatable bonds is 6.